The standard InChI is InChI=1S/C13H13N5O2/c1-2-20-13(19)10-6-15-17(7-10)8-11-9-18-12(16-11)4-3-5-14-18/h3-7,9H,2,8H2,1H3. The number of imidazole rings is 1. The average Bonchev–Trinajstić information content (AvgIpc) is 3.05. The molecule has 3 heterocycles. The number of esters is 1. The Morgan fingerprint density at radius 3 is 3.05 bits per heavy atom. The highest BCUT2D eigenvalue weighted by atomic mass is 16.5. The Morgan fingerprint density at radius 1 is 1.35 bits per heavy atom. The van der Waals surface area contributed by atoms with Crippen molar-refractivity contribution in [3.63, 3.8) is 0 Å². The van der Waals surface area contributed by atoms with E-state index in [0.717, 1.165) is 11.3 Å². The molecule has 7 heteroatoms. The highest BCUT2D eigenvalue weighted by molar-refractivity contribution is 5.88. The van der Waals surface area contributed by atoms with E-state index in [0.29, 0.717) is 18.7 Å². The Bertz CT molecular complexity index is 713. The molecule has 0 bridgehead atoms. The lowest BCUT2D eigenvalue weighted by atomic mass is 10.4. The highest BCUT2D eigenvalue weighted by Crippen LogP contribution is 2.06. The van der Waals surface area contributed by atoms with Crippen molar-refractivity contribution in [1.82, 2.24) is 24.4 Å². The summed E-state index contributed by atoms with van der Waals surface area (Å²) in [5.41, 5.74) is 2.04. The summed E-state index contributed by atoms with van der Waals surface area (Å²) in [7, 11) is 0. The summed E-state index contributed by atoms with van der Waals surface area (Å²) in [6, 6.07) is 3.71. The van der Waals surface area contributed by atoms with Crippen molar-refractivity contribution >= 4 is 11.6 Å². The Labute approximate surface area is 114 Å². The van der Waals surface area contributed by atoms with E-state index >= 15 is 0 Å². The highest BCUT2D eigenvalue weighted by Gasteiger charge is 2.10. The van der Waals surface area contributed by atoms with Crippen LogP contribution in [-0.2, 0) is 11.3 Å². The molecule has 0 aliphatic rings. The van der Waals surface area contributed by atoms with Crippen molar-refractivity contribution in [2.75, 3.05) is 6.61 Å². The summed E-state index contributed by atoms with van der Waals surface area (Å²) in [5, 5.41) is 8.28. The molecule has 102 valence electrons. The van der Waals surface area contributed by atoms with Gasteiger partial charge in [-0.15, -0.1) is 0 Å². The van der Waals surface area contributed by atoms with Gasteiger partial charge in [0, 0.05) is 12.4 Å². The van der Waals surface area contributed by atoms with Gasteiger partial charge in [0.05, 0.1) is 36.8 Å². The van der Waals surface area contributed by atoms with Crippen LogP contribution in [0.5, 0.6) is 0 Å². The molecule has 0 aliphatic carbocycles. The third-order valence-corrected chi connectivity index (χ3v) is 2.75. The summed E-state index contributed by atoms with van der Waals surface area (Å²) in [6.07, 6.45) is 6.67. The number of nitrogens with zero attached hydrogens (tertiary/aromatic N) is 5. The van der Waals surface area contributed by atoms with Crippen molar-refractivity contribution in [2.24, 2.45) is 0 Å². The van der Waals surface area contributed by atoms with Crippen LogP contribution < -0.4 is 0 Å². The molecule has 7 nitrogen and oxygen atoms in total. The lowest BCUT2D eigenvalue weighted by molar-refractivity contribution is 0.0526. The zero-order valence-corrected chi connectivity index (χ0v) is 10.9. The van der Waals surface area contributed by atoms with E-state index in [9.17, 15) is 4.79 Å². The smallest absolute Gasteiger partial charge is 0.341 e. The number of fused-ring (bicyclic) bond motifs is 1. The Hall–Kier alpha value is -2.70. The lowest BCUT2D eigenvalue weighted by Crippen LogP contribution is -2.04. The molecule has 0 spiro atoms. The second kappa shape index (κ2) is 5.12. The molecule has 20 heavy (non-hydrogen) atoms. The number of hydrogen-bond donors (Lipinski definition) is 0. The van der Waals surface area contributed by atoms with Crippen LogP contribution in [0, 0.1) is 0 Å². The summed E-state index contributed by atoms with van der Waals surface area (Å²) in [6.45, 7) is 2.59. The van der Waals surface area contributed by atoms with Crippen LogP contribution in [0.1, 0.15) is 23.0 Å². The number of ether oxygens (including phenoxy) is 1. The normalized spacial score (nSPS) is 10.8. The van der Waals surface area contributed by atoms with E-state index in [1.54, 1.807) is 28.5 Å². The summed E-state index contributed by atoms with van der Waals surface area (Å²) in [5.74, 6) is -0.365. The fraction of sp³-hybridized carbons (Fsp3) is 0.231. The van der Waals surface area contributed by atoms with Gasteiger partial charge in [0.2, 0.25) is 0 Å². The van der Waals surface area contributed by atoms with Crippen molar-refractivity contribution in [1.29, 1.82) is 0 Å². The zero-order chi connectivity index (χ0) is 13.9. The van der Waals surface area contributed by atoms with Crippen molar-refractivity contribution < 1.29 is 9.53 Å². The predicted octanol–water partition coefficient (Wildman–Crippen LogP) is 1.15. The second-order valence-corrected chi connectivity index (χ2v) is 4.21. The molecular weight excluding hydrogens is 258 g/mol. The van der Waals surface area contributed by atoms with Crippen LogP contribution >= 0.6 is 0 Å². The number of carbonyl (C=O) groups excluding carboxylic acids is 1. The van der Waals surface area contributed by atoms with Gasteiger partial charge in [-0.2, -0.15) is 10.2 Å². The fourth-order valence-corrected chi connectivity index (χ4v) is 1.89. The van der Waals surface area contributed by atoms with Crippen molar-refractivity contribution in [2.45, 2.75) is 13.5 Å². The number of rotatable bonds is 4. The van der Waals surface area contributed by atoms with E-state index in [1.807, 2.05) is 18.3 Å². The minimum absolute atomic E-state index is 0.349. The third-order valence-electron chi connectivity index (χ3n) is 2.75. The quantitative estimate of drug-likeness (QED) is 0.665. The van der Waals surface area contributed by atoms with Crippen LogP contribution in [0.15, 0.2) is 36.9 Å². The van der Waals surface area contributed by atoms with E-state index in [2.05, 4.69) is 15.2 Å². The molecule has 0 amide bonds. The molecule has 0 fully saturated rings. The van der Waals surface area contributed by atoms with Crippen LogP contribution in [0.2, 0.25) is 0 Å². The van der Waals surface area contributed by atoms with Gasteiger partial charge in [-0.05, 0) is 19.1 Å². The summed E-state index contributed by atoms with van der Waals surface area (Å²) >= 11 is 0. The van der Waals surface area contributed by atoms with Crippen LogP contribution in [0.3, 0.4) is 0 Å². The number of hydrogen-bond acceptors (Lipinski definition) is 5. The van der Waals surface area contributed by atoms with Crippen LogP contribution in [0.25, 0.3) is 5.65 Å². The molecule has 0 unspecified atom stereocenters. The maximum absolute atomic E-state index is 11.5. The number of aromatic nitrogens is 5. The van der Waals surface area contributed by atoms with Crippen LogP contribution in [-0.4, -0.2) is 37.0 Å². The second-order valence-electron chi connectivity index (χ2n) is 4.21. The third kappa shape index (κ3) is 2.37. The molecule has 0 aromatic carbocycles. The summed E-state index contributed by atoms with van der Waals surface area (Å²) < 4.78 is 8.26. The van der Waals surface area contributed by atoms with Crippen molar-refractivity contribution in [3.05, 3.63) is 48.2 Å². The molecule has 0 aliphatic heterocycles. The first kappa shape index (κ1) is 12.3. The maximum atomic E-state index is 11.5. The molecule has 0 atom stereocenters. The molecular formula is C13H13N5O2. The number of carbonyl (C=O) groups is 1. The van der Waals surface area contributed by atoms with Gasteiger partial charge >= 0.3 is 5.97 Å². The SMILES string of the molecule is CCOC(=O)c1cnn(Cc2cn3ncccc3n2)c1. The monoisotopic (exact) mass is 271 g/mol. The van der Waals surface area contributed by atoms with E-state index < -0.39 is 0 Å². The van der Waals surface area contributed by atoms with Crippen molar-refractivity contribution in [3.8, 4) is 0 Å². The lowest BCUT2D eigenvalue weighted by Gasteiger charge is -1.97. The predicted molar refractivity (Wildman–Crippen MR) is 70.3 cm³/mol. The van der Waals surface area contributed by atoms with Gasteiger partial charge in [0.25, 0.3) is 0 Å². The van der Waals surface area contributed by atoms with E-state index in [4.69, 9.17) is 4.74 Å². The van der Waals surface area contributed by atoms with Crippen LogP contribution in [0.4, 0.5) is 0 Å². The molecule has 0 saturated heterocycles. The van der Waals surface area contributed by atoms with Gasteiger partial charge in [-0.25, -0.2) is 14.3 Å². The molecule has 3 rings (SSSR count). The van der Waals surface area contributed by atoms with Gasteiger partial charge in [-0.1, -0.05) is 0 Å². The fourth-order valence-electron chi connectivity index (χ4n) is 1.89. The maximum Gasteiger partial charge on any atom is 0.341 e. The zero-order valence-electron chi connectivity index (χ0n) is 10.9. The Morgan fingerprint density at radius 2 is 2.25 bits per heavy atom. The Kier molecular flexibility index (Phi) is 3.16. The Balaban J connectivity index is 1.79. The van der Waals surface area contributed by atoms with Gasteiger partial charge < -0.3 is 4.74 Å². The first-order chi connectivity index (χ1) is 9.76. The summed E-state index contributed by atoms with van der Waals surface area (Å²) in [4.78, 5) is 16.0. The molecule has 3 aromatic rings. The van der Waals surface area contributed by atoms with E-state index in [-0.39, 0.29) is 5.97 Å². The van der Waals surface area contributed by atoms with Gasteiger partial charge in [0.15, 0.2) is 5.65 Å². The minimum Gasteiger partial charge on any atom is -0.462 e. The van der Waals surface area contributed by atoms with Gasteiger partial charge in [0.1, 0.15) is 0 Å². The topological polar surface area (TPSA) is 74.3 Å². The largest absolute Gasteiger partial charge is 0.462 e. The minimum atomic E-state index is -0.365. The average molecular weight is 271 g/mol. The van der Waals surface area contributed by atoms with E-state index in [1.165, 1.54) is 6.20 Å². The first-order valence-corrected chi connectivity index (χ1v) is 6.25. The molecule has 0 N–H and O–H groups in total. The molecule has 0 radical (unpaired) electrons. The molecule has 3 aromatic heterocycles. The van der Waals surface area contributed by atoms with Gasteiger partial charge in [-0.3, -0.25) is 4.68 Å². The molecule has 0 saturated carbocycles. The first-order valence-electron chi connectivity index (χ1n) is 6.25.